The Morgan fingerprint density at radius 2 is 1.40 bits per heavy atom. The Balaban J connectivity index is 1.39. The maximum atomic E-state index is 11.3. The molecule has 0 aromatic heterocycles. The molecule has 9 N–H and O–H groups in total. The van der Waals surface area contributed by atoms with Gasteiger partial charge in [0.2, 0.25) is 0 Å². The van der Waals surface area contributed by atoms with Crippen LogP contribution in [0.2, 0.25) is 0 Å². The maximum Gasteiger partial charge on any atom is 0.187 e. The summed E-state index contributed by atoms with van der Waals surface area (Å²) in [5.41, 5.74) is 1.31. The maximum absolute atomic E-state index is 11.3. The van der Waals surface area contributed by atoms with Gasteiger partial charge in [-0.15, -0.1) is 0 Å². The van der Waals surface area contributed by atoms with E-state index in [2.05, 4.69) is 13.5 Å². The number of fused-ring (bicyclic) bond motifs is 1. The fourth-order valence-corrected chi connectivity index (χ4v) is 8.15. The molecule has 0 unspecified atom stereocenters. The van der Waals surface area contributed by atoms with Crippen molar-refractivity contribution >= 4 is 0 Å². The van der Waals surface area contributed by atoms with E-state index in [-0.39, 0.29) is 30.5 Å². The quantitative estimate of drug-likeness (QED) is 0.124. The minimum absolute atomic E-state index is 0.0462. The number of hydrogen-bond donors (Lipinski definition) is 9. The molecule has 15 atom stereocenters. The molecule has 260 valence electrons. The van der Waals surface area contributed by atoms with Gasteiger partial charge in [0.25, 0.3) is 0 Å². The van der Waals surface area contributed by atoms with Crippen LogP contribution in [0.15, 0.2) is 23.8 Å². The molecule has 0 amide bonds. The van der Waals surface area contributed by atoms with Crippen molar-refractivity contribution in [2.45, 2.75) is 127 Å². The molecule has 2 heterocycles. The predicted molar refractivity (Wildman–Crippen MR) is 159 cm³/mol. The van der Waals surface area contributed by atoms with Crippen LogP contribution in [0, 0.1) is 22.7 Å². The van der Waals surface area contributed by atoms with Gasteiger partial charge >= 0.3 is 0 Å². The Morgan fingerprint density at radius 1 is 0.844 bits per heavy atom. The molecular formula is C32H54O13. The summed E-state index contributed by atoms with van der Waals surface area (Å²) in [6.45, 7) is 9.69. The molecular weight excluding hydrogens is 592 g/mol. The van der Waals surface area contributed by atoms with E-state index in [9.17, 15) is 46.0 Å². The SMILES string of the molecule is C=C1CC[C@@H]2[C@@](C)(CO[C@@H]3O[C@H](CO)[C@@H](O)[C@H](O)[C@H]3O)[C@H](O)CC[C@@]2(C)[C@@H]1CC/C(C)=C/CO[C@H]1O[C@@H](CO)[C@H](O)[C@@H](O)[C@@H]1O. The van der Waals surface area contributed by atoms with Crippen LogP contribution in [0.5, 0.6) is 0 Å². The number of allylic oxidation sites excluding steroid dienone is 2. The summed E-state index contributed by atoms with van der Waals surface area (Å²) in [4.78, 5) is 0. The van der Waals surface area contributed by atoms with Crippen LogP contribution >= 0.6 is 0 Å². The fraction of sp³-hybridized carbons (Fsp3) is 0.875. The normalized spacial score (nSPS) is 47.9. The minimum Gasteiger partial charge on any atom is -0.394 e. The lowest BCUT2D eigenvalue weighted by molar-refractivity contribution is -0.313. The molecule has 4 aliphatic rings. The van der Waals surface area contributed by atoms with Gasteiger partial charge in [0.15, 0.2) is 12.6 Å². The van der Waals surface area contributed by atoms with E-state index >= 15 is 0 Å². The average molecular weight is 647 g/mol. The number of aliphatic hydroxyl groups is 9. The smallest absolute Gasteiger partial charge is 0.187 e. The van der Waals surface area contributed by atoms with Crippen molar-refractivity contribution in [2.24, 2.45) is 22.7 Å². The van der Waals surface area contributed by atoms with E-state index < -0.39 is 86.1 Å². The van der Waals surface area contributed by atoms with Gasteiger partial charge in [0, 0.05) is 5.41 Å². The largest absolute Gasteiger partial charge is 0.394 e. The number of rotatable bonds is 11. The van der Waals surface area contributed by atoms with Gasteiger partial charge in [-0.25, -0.2) is 0 Å². The highest BCUT2D eigenvalue weighted by Crippen LogP contribution is 2.62. The molecule has 45 heavy (non-hydrogen) atoms. The third-order valence-corrected chi connectivity index (χ3v) is 11.1. The molecule has 0 bridgehead atoms. The van der Waals surface area contributed by atoms with Crippen LogP contribution in [0.1, 0.15) is 59.3 Å². The highest BCUT2D eigenvalue weighted by Gasteiger charge is 2.58. The van der Waals surface area contributed by atoms with Crippen molar-refractivity contribution in [1.29, 1.82) is 0 Å². The fourth-order valence-electron chi connectivity index (χ4n) is 8.15. The van der Waals surface area contributed by atoms with Crippen molar-refractivity contribution < 1.29 is 64.9 Å². The molecule has 2 aliphatic heterocycles. The van der Waals surface area contributed by atoms with Crippen LogP contribution in [0.3, 0.4) is 0 Å². The zero-order chi connectivity index (χ0) is 33.3. The molecule has 2 aliphatic carbocycles. The van der Waals surface area contributed by atoms with Crippen molar-refractivity contribution in [3.8, 4) is 0 Å². The van der Waals surface area contributed by atoms with E-state index in [0.29, 0.717) is 6.42 Å². The van der Waals surface area contributed by atoms with E-state index in [1.807, 2.05) is 19.9 Å². The van der Waals surface area contributed by atoms with E-state index in [4.69, 9.17) is 18.9 Å². The van der Waals surface area contributed by atoms with E-state index in [0.717, 1.165) is 43.3 Å². The highest BCUT2D eigenvalue weighted by atomic mass is 16.7. The Morgan fingerprint density at radius 3 is 1.96 bits per heavy atom. The standard InChI is InChI=1S/C32H54O13/c1-16(10-12-42-29-27(40)25(38)23(36)19(13-33)44-29)5-7-18-17(2)6-8-21-31(18,3)11-9-22(35)32(21,4)15-43-30-28(41)26(39)24(37)20(14-34)45-30/h10,18-30,33-41H,2,5-9,11-15H2,1,3-4H3/b16-10+/t18-,19+,20-,21+,22-,23+,24-,25-,26+,27+,28-,29+,30-,31+,32-/m1/s1. The van der Waals surface area contributed by atoms with Crippen LogP contribution < -0.4 is 0 Å². The molecule has 0 spiro atoms. The summed E-state index contributed by atoms with van der Waals surface area (Å²) in [6, 6.07) is 0. The molecule has 13 heteroatoms. The van der Waals surface area contributed by atoms with Gasteiger partial charge in [-0.3, -0.25) is 0 Å². The lowest BCUT2D eigenvalue weighted by atomic mass is 9.46. The first-order valence-corrected chi connectivity index (χ1v) is 16.0. The second kappa shape index (κ2) is 15.0. The number of ether oxygens (including phenoxy) is 4. The Labute approximate surface area is 264 Å². The van der Waals surface area contributed by atoms with Gasteiger partial charge in [0.05, 0.1) is 32.5 Å². The summed E-state index contributed by atoms with van der Waals surface area (Å²) in [6.07, 6.45) is -7.84. The third-order valence-electron chi connectivity index (χ3n) is 11.1. The van der Waals surface area contributed by atoms with Gasteiger partial charge < -0.3 is 64.9 Å². The van der Waals surface area contributed by atoms with Gasteiger partial charge in [-0.1, -0.05) is 37.6 Å². The van der Waals surface area contributed by atoms with Gasteiger partial charge in [0.1, 0.15) is 48.8 Å². The lowest BCUT2D eigenvalue weighted by Gasteiger charge is -2.60. The Hall–Kier alpha value is -1.04. The average Bonchev–Trinajstić information content (AvgIpc) is 3.01. The van der Waals surface area contributed by atoms with Crippen molar-refractivity contribution in [3.63, 3.8) is 0 Å². The number of aliphatic hydroxyl groups excluding tert-OH is 9. The molecule has 2 saturated carbocycles. The van der Waals surface area contributed by atoms with Crippen LogP contribution in [0.4, 0.5) is 0 Å². The van der Waals surface area contributed by atoms with E-state index in [1.54, 1.807) is 0 Å². The zero-order valence-electron chi connectivity index (χ0n) is 26.5. The van der Waals surface area contributed by atoms with Crippen molar-refractivity contribution in [2.75, 3.05) is 26.4 Å². The van der Waals surface area contributed by atoms with Crippen molar-refractivity contribution in [1.82, 2.24) is 0 Å². The molecule has 4 fully saturated rings. The first-order valence-electron chi connectivity index (χ1n) is 16.0. The van der Waals surface area contributed by atoms with Crippen LogP contribution in [-0.2, 0) is 18.9 Å². The predicted octanol–water partition coefficient (Wildman–Crippen LogP) is -0.904. The van der Waals surface area contributed by atoms with Crippen LogP contribution in [-0.4, -0.2) is 140 Å². The Kier molecular flexibility index (Phi) is 12.3. The summed E-state index contributed by atoms with van der Waals surface area (Å²) in [5, 5.41) is 91.2. The summed E-state index contributed by atoms with van der Waals surface area (Å²) in [7, 11) is 0. The van der Waals surface area contributed by atoms with Crippen LogP contribution in [0.25, 0.3) is 0 Å². The molecule has 0 aromatic carbocycles. The first kappa shape index (κ1) is 36.8. The minimum atomic E-state index is -1.54. The molecule has 2 saturated heterocycles. The zero-order valence-corrected chi connectivity index (χ0v) is 26.5. The molecule has 13 nitrogen and oxygen atoms in total. The summed E-state index contributed by atoms with van der Waals surface area (Å²) < 4.78 is 22.6. The molecule has 0 aromatic rings. The first-order chi connectivity index (χ1) is 21.2. The number of hydrogen-bond acceptors (Lipinski definition) is 13. The highest BCUT2D eigenvalue weighted by molar-refractivity contribution is 5.18. The van der Waals surface area contributed by atoms with E-state index in [1.165, 1.54) is 0 Å². The molecule has 4 rings (SSSR count). The van der Waals surface area contributed by atoms with Gasteiger partial charge in [-0.2, -0.15) is 0 Å². The topological polar surface area (TPSA) is 219 Å². The second-order valence-electron chi connectivity index (χ2n) is 14.0. The monoisotopic (exact) mass is 646 g/mol. The second-order valence-corrected chi connectivity index (χ2v) is 14.0. The summed E-state index contributed by atoms with van der Waals surface area (Å²) >= 11 is 0. The summed E-state index contributed by atoms with van der Waals surface area (Å²) in [5.74, 6) is 0.206. The van der Waals surface area contributed by atoms with Gasteiger partial charge in [-0.05, 0) is 62.7 Å². The molecule has 0 radical (unpaired) electrons. The lowest BCUT2D eigenvalue weighted by Crippen LogP contribution is -2.61. The Bertz CT molecular complexity index is 1020. The third kappa shape index (κ3) is 7.36. The van der Waals surface area contributed by atoms with Crippen molar-refractivity contribution in [3.05, 3.63) is 23.8 Å².